The molecule has 0 fully saturated rings. The highest BCUT2D eigenvalue weighted by Gasteiger charge is 2.23. The number of thioether (sulfide) groups is 1. The van der Waals surface area contributed by atoms with Crippen LogP contribution in [-0.4, -0.2) is 34.2 Å². The van der Waals surface area contributed by atoms with Crippen molar-refractivity contribution in [1.82, 2.24) is 0 Å². The summed E-state index contributed by atoms with van der Waals surface area (Å²) in [6.07, 6.45) is -0.621. The van der Waals surface area contributed by atoms with Crippen molar-refractivity contribution in [2.24, 2.45) is 0 Å². The van der Waals surface area contributed by atoms with Crippen LogP contribution in [0.4, 0.5) is 0 Å². The van der Waals surface area contributed by atoms with E-state index in [9.17, 15) is 19.1 Å². The van der Waals surface area contributed by atoms with Crippen molar-refractivity contribution in [3.63, 3.8) is 0 Å². The molecule has 2 aromatic carbocycles. The Bertz CT molecular complexity index is 833. The van der Waals surface area contributed by atoms with Gasteiger partial charge in [-0.25, -0.2) is 4.79 Å². The summed E-state index contributed by atoms with van der Waals surface area (Å²) in [5, 5.41) is -0.0519. The van der Waals surface area contributed by atoms with Crippen molar-refractivity contribution in [2.45, 2.75) is 17.9 Å². The molecule has 0 spiro atoms. The Labute approximate surface area is 162 Å². The van der Waals surface area contributed by atoms with Gasteiger partial charge < -0.3 is 19.3 Å². The molecule has 6 nitrogen and oxygen atoms in total. The minimum absolute atomic E-state index is 0.0519. The van der Waals surface area contributed by atoms with E-state index >= 15 is 0 Å². The van der Waals surface area contributed by atoms with Crippen LogP contribution >= 0.6 is 19.4 Å². The Morgan fingerprint density at radius 2 is 1.78 bits per heavy atom. The van der Waals surface area contributed by atoms with Crippen molar-refractivity contribution in [1.29, 1.82) is 0 Å². The van der Waals surface area contributed by atoms with Crippen LogP contribution in [0.2, 0.25) is 0 Å². The molecule has 2 aromatic rings. The van der Waals surface area contributed by atoms with Gasteiger partial charge in [-0.1, -0.05) is 36.9 Å². The fourth-order valence-corrected chi connectivity index (χ4v) is 4.19. The number of benzene rings is 2. The molecule has 27 heavy (non-hydrogen) atoms. The Morgan fingerprint density at radius 3 is 2.41 bits per heavy atom. The lowest BCUT2D eigenvalue weighted by atomic mass is 10.3. The SMILES string of the molecule is C=C(C)C(=O)OC(COc1ccccc1)CSc1ccccc1P(=O)(O)O. The number of ether oxygens (including phenoxy) is 2. The topological polar surface area (TPSA) is 93.1 Å². The summed E-state index contributed by atoms with van der Waals surface area (Å²) in [5.74, 6) is 0.359. The first-order valence-corrected chi connectivity index (χ1v) is 10.7. The first kappa shape index (κ1) is 21.3. The maximum atomic E-state index is 11.9. The third-order valence-electron chi connectivity index (χ3n) is 3.41. The summed E-state index contributed by atoms with van der Waals surface area (Å²) in [7, 11) is -4.40. The van der Waals surface area contributed by atoms with E-state index in [0.29, 0.717) is 10.6 Å². The minimum atomic E-state index is -4.40. The van der Waals surface area contributed by atoms with Crippen LogP contribution in [0.15, 0.2) is 71.6 Å². The first-order chi connectivity index (χ1) is 12.8. The largest absolute Gasteiger partial charge is 0.490 e. The summed E-state index contributed by atoms with van der Waals surface area (Å²) in [4.78, 5) is 31.3. The second-order valence-electron chi connectivity index (χ2n) is 5.75. The maximum absolute atomic E-state index is 11.9. The molecule has 0 aliphatic carbocycles. The highest BCUT2D eigenvalue weighted by molar-refractivity contribution is 7.99. The van der Waals surface area contributed by atoms with Crippen molar-refractivity contribution in [3.05, 3.63) is 66.7 Å². The molecule has 1 atom stereocenters. The molecule has 0 saturated carbocycles. The zero-order valence-electron chi connectivity index (χ0n) is 14.8. The van der Waals surface area contributed by atoms with E-state index in [1.54, 1.807) is 37.3 Å². The summed E-state index contributed by atoms with van der Waals surface area (Å²) < 4.78 is 22.7. The van der Waals surface area contributed by atoms with Crippen molar-refractivity contribution >= 4 is 30.6 Å². The Hall–Kier alpha value is -2.05. The molecule has 0 aliphatic heterocycles. The predicted octanol–water partition coefficient (Wildman–Crippen LogP) is 3.15. The zero-order valence-corrected chi connectivity index (χ0v) is 16.5. The predicted molar refractivity (Wildman–Crippen MR) is 105 cm³/mol. The monoisotopic (exact) mass is 408 g/mol. The molecule has 1 unspecified atom stereocenters. The Kier molecular flexibility index (Phi) is 7.68. The highest BCUT2D eigenvalue weighted by Crippen LogP contribution is 2.37. The third-order valence-corrected chi connectivity index (χ3v) is 5.78. The smallest absolute Gasteiger partial charge is 0.357 e. The number of hydrogen-bond acceptors (Lipinski definition) is 5. The van der Waals surface area contributed by atoms with Crippen LogP contribution < -0.4 is 10.0 Å². The average molecular weight is 408 g/mol. The number of rotatable bonds is 9. The van der Waals surface area contributed by atoms with Gasteiger partial charge in [0.25, 0.3) is 0 Å². The van der Waals surface area contributed by atoms with Crippen LogP contribution in [0.3, 0.4) is 0 Å². The highest BCUT2D eigenvalue weighted by atomic mass is 32.2. The lowest BCUT2D eigenvalue weighted by Gasteiger charge is -2.19. The van der Waals surface area contributed by atoms with Crippen molar-refractivity contribution in [2.75, 3.05) is 12.4 Å². The molecule has 0 aliphatic rings. The Morgan fingerprint density at radius 1 is 1.15 bits per heavy atom. The third kappa shape index (κ3) is 6.88. The van der Waals surface area contributed by atoms with Gasteiger partial charge in [0.15, 0.2) is 0 Å². The molecule has 0 amide bonds. The molecule has 2 rings (SSSR count). The van der Waals surface area contributed by atoms with E-state index in [1.807, 2.05) is 18.2 Å². The van der Waals surface area contributed by atoms with Gasteiger partial charge in [0.2, 0.25) is 0 Å². The van der Waals surface area contributed by atoms with Gasteiger partial charge in [0.1, 0.15) is 18.5 Å². The molecule has 8 heteroatoms. The molecule has 144 valence electrons. The van der Waals surface area contributed by atoms with E-state index in [4.69, 9.17) is 9.47 Å². The van der Waals surface area contributed by atoms with Crippen LogP contribution in [0.5, 0.6) is 5.75 Å². The second kappa shape index (κ2) is 9.76. The van der Waals surface area contributed by atoms with Crippen molar-refractivity contribution in [3.8, 4) is 5.75 Å². The van der Waals surface area contributed by atoms with Gasteiger partial charge in [0.05, 0.1) is 5.30 Å². The molecule has 0 saturated heterocycles. The van der Waals surface area contributed by atoms with E-state index in [-0.39, 0.29) is 23.2 Å². The fraction of sp³-hybridized carbons (Fsp3) is 0.211. The fourth-order valence-electron chi connectivity index (χ4n) is 2.08. The number of esters is 1. The maximum Gasteiger partial charge on any atom is 0.357 e. The number of hydrogen-bond donors (Lipinski definition) is 2. The van der Waals surface area contributed by atoms with Crippen LogP contribution in [0, 0.1) is 0 Å². The van der Waals surface area contributed by atoms with Gasteiger partial charge >= 0.3 is 13.6 Å². The summed E-state index contributed by atoms with van der Waals surface area (Å²) in [6.45, 7) is 5.22. The van der Waals surface area contributed by atoms with E-state index in [2.05, 4.69) is 6.58 Å². The van der Waals surface area contributed by atoms with E-state index < -0.39 is 19.7 Å². The van der Waals surface area contributed by atoms with Gasteiger partial charge in [-0.05, 0) is 31.2 Å². The van der Waals surface area contributed by atoms with Crippen molar-refractivity contribution < 1.29 is 28.6 Å². The molecule has 0 aromatic heterocycles. The molecule has 0 radical (unpaired) electrons. The van der Waals surface area contributed by atoms with E-state index in [1.165, 1.54) is 17.8 Å². The molecule has 0 heterocycles. The number of para-hydroxylation sites is 1. The molecular weight excluding hydrogens is 387 g/mol. The summed E-state index contributed by atoms with van der Waals surface area (Å²) in [5.41, 5.74) is 0.264. The van der Waals surface area contributed by atoms with Crippen LogP contribution in [0.25, 0.3) is 0 Å². The molecular formula is C19H21O6PS. The quantitative estimate of drug-likeness (QED) is 0.285. The number of carbonyl (C=O) groups is 1. The van der Waals surface area contributed by atoms with Crippen LogP contribution in [0.1, 0.15) is 6.92 Å². The normalized spacial score (nSPS) is 12.3. The molecule has 0 bridgehead atoms. The first-order valence-electron chi connectivity index (χ1n) is 8.09. The standard InChI is InChI=1S/C19H21O6PS/c1-14(2)19(20)25-16(12-24-15-8-4-3-5-9-15)13-27-18-11-7-6-10-17(18)26(21,22)23/h3-11,16H,1,12-13H2,2H3,(H2,21,22,23). The zero-order chi connectivity index (χ0) is 19.9. The van der Waals surface area contributed by atoms with Gasteiger partial charge in [-0.3, -0.25) is 4.57 Å². The lowest BCUT2D eigenvalue weighted by Crippen LogP contribution is -2.28. The van der Waals surface area contributed by atoms with Crippen LogP contribution in [-0.2, 0) is 14.1 Å². The summed E-state index contributed by atoms with van der Waals surface area (Å²) in [6, 6.07) is 15.4. The lowest BCUT2D eigenvalue weighted by molar-refractivity contribution is -0.144. The molecule has 2 N–H and O–H groups in total. The Balaban J connectivity index is 2.08. The van der Waals surface area contributed by atoms with Gasteiger partial charge in [0, 0.05) is 16.2 Å². The number of carbonyl (C=O) groups excluding carboxylic acids is 1. The summed E-state index contributed by atoms with van der Waals surface area (Å²) >= 11 is 1.19. The van der Waals surface area contributed by atoms with E-state index in [0.717, 1.165) is 0 Å². The van der Waals surface area contributed by atoms with Gasteiger partial charge in [-0.15, -0.1) is 11.8 Å². The average Bonchev–Trinajstić information content (AvgIpc) is 2.64. The second-order valence-corrected chi connectivity index (χ2v) is 8.39. The van der Waals surface area contributed by atoms with Gasteiger partial charge in [-0.2, -0.15) is 0 Å². The minimum Gasteiger partial charge on any atom is -0.490 e.